The van der Waals surface area contributed by atoms with Gasteiger partial charge in [0.1, 0.15) is 17.7 Å². The molecule has 1 aliphatic heterocycles. The van der Waals surface area contributed by atoms with Gasteiger partial charge in [0.05, 0.1) is 11.4 Å². The Morgan fingerprint density at radius 2 is 2.23 bits per heavy atom. The van der Waals surface area contributed by atoms with Gasteiger partial charge in [0, 0.05) is 37.9 Å². The molecule has 6 nitrogen and oxygen atoms in total. The Morgan fingerprint density at radius 3 is 3.00 bits per heavy atom. The van der Waals surface area contributed by atoms with E-state index in [2.05, 4.69) is 15.4 Å². The second-order valence-corrected chi connectivity index (χ2v) is 5.89. The van der Waals surface area contributed by atoms with Crippen LogP contribution in [0.1, 0.15) is 25.1 Å². The van der Waals surface area contributed by atoms with Crippen LogP contribution in [0, 0.1) is 17.6 Å². The number of guanidine groups is 1. The molecule has 2 atom stereocenters. The standard InChI is InChI=1S/C17H21F2N5O.HI/c1-2-24-15(5-7-22-24)16-11(6-8-25-16)10-21-17(20)23-14-9-12(18)3-4-13(14)19;/h3-5,7,9,11,16H,2,6,8,10H2,1H3,(H3,20,21,23);1H/t11-,16+;/m0./s1. The van der Waals surface area contributed by atoms with Crippen LogP contribution in [0.25, 0.3) is 0 Å². The summed E-state index contributed by atoms with van der Waals surface area (Å²) in [5, 5.41) is 6.87. The molecular weight excluding hydrogens is 455 g/mol. The molecule has 142 valence electrons. The Bertz CT molecular complexity index is 767. The first-order valence-electron chi connectivity index (χ1n) is 8.23. The van der Waals surface area contributed by atoms with E-state index in [0.717, 1.165) is 36.9 Å². The highest BCUT2D eigenvalue weighted by atomic mass is 127. The molecule has 1 fully saturated rings. The van der Waals surface area contributed by atoms with Gasteiger partial charge < -0.3 is 15.8 Å². The van der Waals surface area contributed by atoms with Crippen molar-refractivity contribution in [3.63, 3.8) is 0 Å². The van der Waals surface area contributed by atoms with Crippen molar-refractivity contribution in [2.75, 3.05) is 18.5 Å². The molecule has 1 aromatic heterocycles. The minimum Gasteiger partial charge on any atom is -0.372 e. The largest absolute Gasteiger partial charge is 0.372 e. The van der Waals surface area contributed by atoms with Crippen molar-refractivity contribution in [2.45, 2.75) is 26.0 Å². The minimum atomic E-state index is -0.589. The maximum absolute atomic E-state index is 13.6. The summed E-state index contributed by atoms with van der Waals surface area (Å²) in [4.78, 5) is 4.27. The summed E-state index contributed by atoms with van der Waals surface area (Å²) in [5.74, 6) is -0.943. The van der Waals surface area contributed by atoms with E-state index >= 15 is 0 Å². The number of nitrogens with one attached hydrogen (secondary N) is 1. The third kappa shape index (κ3) is 4.70. The lowest BCUT2D eigenvalue weighted by Gasteiger charge is -2.18. The summed E-state index contributed by atoms with van der Waals surface area (Å²) >= 11 is 0. The van der Waals surface area contributed by atoms with Gasteiger partial charge in [0.2, 0.25) is 0 Å². The summed E-state index contributed by atoms with van der Waals surface area (Å²) in [7, 11) is 0. The molecule has 1 aromatic carbocycles. The number of aliphatic imine (C=N–C) groups is 1. The Morgan fingerprint density at radius 1 is 1.42 bits per heavy atom. The van der Waals surface area contributed by atoms with E-state index in [-0.39, 0.29) is 47.6 Å². The van der Waals surface area contributed by atoms with Crippen LogP contribution in [0.2, 0.25) is 0 Å². The summed E-state index contributed by atoms with van der Waals surface area (Å²) in [6, 6.07) is 5.07. The topological polar surface area (TPSA) is 77.5 Å². The number of aryl methyl sites for hydroxylation is 1. The fourth-order valence-corrected chi connectivity index (χ4v) is 2.98. The molecule has 0 amide bonds. The van der Waals surface area contributed by atoms with Crippen LogP contribution in [-0.2, 0) is 11.3 Å². The SMILES string of the molecule is CCn1nccc1[C@@H]1OCC[C@H]1CN=C(N)Nc1cc(F)ccc1F.I. The molecule has 0 bridgehead atoms. The number of halogens is 3. The Kier molecular flexibility index (Phi) is 7.33. The number of aromatic nitrogens is 2. The van der Waals surface area contributed by atoms with Gasteiger partial charge in [-0.15, -0.1) is 24.0 Å². The number of nitrogens with two attached hydrogens (primary N) is 1. The van der Waals surface area contributed by atoms with Crippen LogP contribution in [-0.4, -0.2) is 28.9 Å². The Balaban J connectivity index is 0.00000243. The molecule has 0 radical (unpaired) electrons. The highest BCUT2D eigenvalue weighted by molar-refractivity contribution is 14.0. The van der Waals surface area contributed by atoms with Crippen LogP contribution >= 0.6 is 24.0 Å². The third-order valence-electron chi connectivity index (χ3n) is 4.24. The quantitative estimate of drug-likeness (QED) is 0.394. The summed E-state index contributed by atoms with van der Waals surface area (Å²) in [6.07, 6.45) is 2.51. The van der Waals surface area contributed by atoms with Crippen molar-refractivity contribution in [1.29, 1.82) is 0 Å². The van der Waals surface area contributed by atoms with Crippen molar-refractivity contribution in [2.24, 2.45) is 16.6 Å². The highest BCUT2D eigenvalue weighted by Crippen LogP contribution is 2.34. The number of ether oxygens (including phenoxy) is 1. The van der Waals surface area contributed by atoms with Crippen molar-refractivity contribution >= 4 is 35.6 Å². The molecular formula is C17H22F2IN5O. The first kappa shape index (κ1) is 20.6. The third-order valence-corrected chi connectivity index (χ3v) is 4.24. The zero-order chi connectivity index (χ0) is 17.8. The van der Waals surface area contributed by atoms with E-state index in [9.17, 15) is 8.78 Å². The van der Waals surface area contributed by atoms with E-state index in [4.69, 9.17) is 10.5 Å². The van der Waals surface area contributed by atoms with Crippen LogP contribution in [0.5, 0.6) is 0 Å². The number of nitrogens with zero attached hydrogens (tertiary/aromatic N) is 3. The van der Waals surface area contributed by atoms with Gasteiger partial charge in [-0.2, -0.15) is 5.10 Å². The monoisotopic (exact) mass is 477 g/mol. The van der Waals surface area contributed by atoms with E-state index in [1.165, 1.54) is 0 Å². The molecule has 2 heterocycles. The van der Waals surface area contributed by atoms with Gasteiger partial charge in [-0.05, 0) is 31.5 Å². The summed E-state index contributed by atoms with van der Waals surface area (Å²) in [5.41, 5.74) is 6.79. The number of hydrogen-bond acceptors (Lipinski definition) is 3. The fourth-order valence-electron chi connectivity index (χ4n) is 2.98. The van der Waals surface area contributed by atoms with Gasteiger partial charge in [0.15, 0.2) is 5.96 Å². The zero-order valence-corrected chi connectivity index (χ0v) is 16.7. The molecule has 0 aliphatic carbocycles. The predicted octanol–water partition coefficient (Wildman–Crippen LogP) is 3.30. The van der Waals surface area contributed by atoms with Crippen LogP contribution in [0.3, 0.4) is 0 Å². The van der Waals surface area contributed by atoms with E-state index < -0.39 is 11.6 Å². The Labute approximate surface area is 167 Å². The first-order chi connectivity index (χ1) is 12.1. The van der Waals surface area contributed by atoms with Gasteiger partial charge in [-0.25, -0.2) is 8.78 Å². The predicted molar refractivity (Wildman–Crippen MR) is 107 cm³/mol. The molecule has 0 unspecified atom stereocenters. The number of anilines is 1. The molecule has 3 rings (SSSR count). The smallest absolute Gasteiger partial charge is 0.193 e. The van der Waals surface area contributed by atoms with Gasteiger partial charge in [-0.3, -0.25) is 9.67 Å². The zero-order valence-electron chi connectivity index (χ0n) is 14.4. The molecule has 1 aliphatic rings. The van der Waals surface area contributed by atoms with Crippen LogP contribution in [0.4, 0.5) is 14.5 Å². The normalized spacial score (nSPS) is 20.0. The van der Waals surface area contributed by atoms with Gasteiger partial charge >= 0.3 is 0 Å². The van der Waals surface area contributed by atoms with E-state index in [1.807, 2.05) is 17.7 Å². The number of rotatable bonds is 5. The summed E-state index contributed by atoms with van der Waals surface area (Å²) in [6.45, 7) is 3.86. The lowest BCUT2D eigenvalue weighted by molar-refractivity contribution is 0.0851. The van der Waals surface area contributed by atoms with Crippen molar-refractivity contribution in [3.05, 3.63) is 47.8 Å². The maximum atomic E-state index is 13.6. The lowest BCUT2D eigenvalue weighted by Crippen LogP contribution is -2.25. The van der Waals surface area contributed by atoms with Crippen molar-refractivity contribution in [3.8, 4) is 0 Å². The molecule has 26 heavy (non-hydrogen) atoms. The van der Waals surface area contributed by atoms with E-state index in [0.29, 0.717) is 13.2 Å². The van der Waals surface area contributed by atoms with Gasteiger partial charge in [-0.1, -0.05) is 0 Å². The second kappa shape index (κ2) is 9.26. The summed E-state index contributed by atoms with van der Waals surface area (Å²) < 4.78 is 34.6. The molecule has 3 N–H and O–H groups in total. The highest BCUT2D eigenvalue weighted by Gasteiger charge is 2.31. The molecule has 1 saturated heterocycles. The molecule has 0 spiro atoms. The average Bonchev–Trinajstić information content (AvgIpc) is 3.24. The Hall–Kier alpha value is -1.75. The molecule has 9 heteroatoms. The van der Waals surface area contributed by atoms with Crippen molar-refractivity contribution in [1.82, 2.24) is 9.78 Å². The number of benzene rings is 1. The van der Waals surface area contributed by atoms with Crippen LogP contribution < -0.4 is 11.1 Å². The van der Waals surface area contributed by atoms with E-state index in [1.54, 1.807) is 6.20 Å². The molecule has 2 aromatic rings. The second-order valence-electron chi connectivity index (χ2n) is 5.89. The van der Waals surface area contributed by atoms with Gasteiger partial charge in [0.25, 0.3) is 0 Å². The maximum Gasteiger partial charge on any atom is 0.193 e. The van der Waals surface area contributed by atoms with Crippen LogP contribution in [0.15, 0.2) is 35.5 Å². The lowest BCUT2D eigenvalue weighted by atomic mass is 9.99. The minimum absolute atomic E-state index is 0. The first-order valence-corrected chi connectivity index (χ1v) is 8.23. The molecule has 0 saturated carbocycles. The number of hydrogen-bond donors (Lipinski definition) is 2. The fraction of sp³-hybridized carbons (Fsp3) is 0.412. The average molecular weight is 477 g/mol. The van der Waals surface area contributed by atoms with Crippen molar-refractivity contribution < 1.29 is 13.5 Å².